The summed E-state index contributed by atoms with van der Waals surface area (Å²) in [4.78, 5) is 17.1. The number of amides is 1. The first-order chi connectivity index (χ1) is 13.6. The molecule has 146 valence electrons. The van der Waals surface area contributed by atoms with Gasteiger partial charge in [-0.15, -0.1) is 11.8 Å². The molecule has 0 saturated carbocycles. The van der Waals surface area contributed by atoms with E-state index in [9.17, 15) is 4.79 Å². The molecule has 0 fully saturated rings. The van der Waals surface area contributed by atoms with Gasteiger partial charge in [-0.3, -0.25) is 4.79 Å². The second kappa shape index (κ2) is 9.52. The van der Waals surface area contributed by atoms with Crippen molar-refractivity contribution in [3.8, 4) is 0 Å². The predicted molar refractivity (Wildman–Crippen MR) is 108 cm³/mol. The largest absolute Gasteiger partial charge is 0.380 e. The van der Waals surface area contributed by atoms with E-state index in [-0.39, 0.29) is 5.91 Å². The lowest BCUT2D eigenvalue weighted by atomic mass is 10.1. The van der Waals surface area contributed by atoms with Gasteiger partial charge < -0.3 is 14.6 Å². The Morgan fingerprint density at radius 3 is 2.79 bits per heavy atom. The van der Waals surface area contributed by atoms with Crippen molar-refractivity contribution < 1.29 is 14.1 Å². The van der Waals surface area contributed by atoms with Gasteiger partial charge >= 0.3 is 0 Å². The summed E-state index contributed by atoms with van der Waals surface area (Å²) in [7, 11) is 1.67. The van der Waals surface area contributed by atoms with Gasteiger partial charge in [-0.2, -0.15) is 0 Å². The van der Waals surface area contributed by atoms with Crippen LogP contribution in [0.5, 0.6) is 0 Å². The summed E-state index contributed by atoms with van der Waals surface area (Å²) in [5.74, 6) is 1.30. The fourth-order valence-corrected chi connectivity index (χ4v) is 3.95. The molecule has 0 bridgehead atoms. The molecule has 2 heterocycles. The van der Waals surface area contributed by atoms with Gasteiger partial charge in [0.1, 0.15) is 10.8 Å². The summed E-state index contributed by atoms with van der Waals surface area (Å²) in [6.45, 7) is 4.79. The standard InChI is InChI=1S/C21H23N3O3S/c1-14-19(15(2)27-24-14)13-28-21-18(8-5-9-22-21)20(25)23-11-16-6-4-7-17(10-16)12-26-3/h4-10H,11-13H2,1-3H3,(H,23,25). The SMILES string of the molecule is COCc1cccc(CNC(=O)c2cccnc2SCc2c(C)noc2C)c1. The number of methoxy groups -OCH3 is 1. The van der Waals surface area contributed by atoms with Crippen LogP contribution in [0, 0.1) is 13.8 Å². The number of nitrogens with zero attached hydrogens (tertiary/aromatic N) is 2. The molecule has 1 aromatic carbocycles. The minimum atomic E-state index is -0.147. The maximum atomic E-state index is 12.7. The molecule has 0 aliphatic heterocycles. The topological polar surface area (TPSA) is 77.2 Å². The number of ether oxygens (including phenoxy) is 1. The van der Waals surface area contributed by atoms with Crippen molar-refractivity contribution in [1.29, 1.82) is 0 Å². The lowest BCUT2D eigenvalue weighted by Crippen LogP contribution is -2.23. The molecule has 1 amide bonds. The van der Waals surface area contributed by atoms with E-state index >= 15 is 0 Å². The zero-order valence-electron chi connectivity index (χ0n) is 16.2. The molecule has 28 heavy (non-hydrogen) atoms. The highest BCUT2D eigenvalue weighted by Crippen LogP contribution is 2.27. The average Bonchev–Trinajstić information content (AvgIpc) is 3.03. The van der Waals surface area contributed by atoms with Crippen LogP contribution in [-0.4, -0.2) is 23.2 Å². The summed E-state index contributed by atoms with van der Waals surface area (Å²) in [6, 6.07) is 11.5. The second-order valence-electron chi connectivity index (χ2n) is 6.38. The summed E-state index contributed by atoms with van der Waals surface area (Å²) in [5.41, 5.74) is 4.56. The summed E-state index contributed by atoms with van der Waals surface area (Å²) in [5, 5.41) is 7.64. The van der Waals surface area contributed by atoms with Crippen molar-refractivity contribution in [2.75, 3.05) is 7.11 Å². The first-order valence-corrected chi connectivity index (χ1v) is 9.91. The number of rotatable bonds is 8. The third-order valence-electron chi connectivity index (χ3n) is 4.31. The monoisotopic (exact) mass is 397 g/mol. The van der Waals surface area contributed by atoms with Crippen molar-refractivity contribution in [3.63, 3.8) is 0 Å². The molecule has 3 aromatic rings. The fourth-order valence-electron chi connectivity index (χ4n) is 2.80. The normalized spacial score (nSPS) is 10.8. The number of pyridine rings is 1. The Morgan fingerprint density at radius 1 is 1.21 bits per heavy atom. The van der Waals surface area contributed by atoms with Crippen LogP contribution >= 0.6 is 11.8 Å². The molecular weight excluding hydrogens is 374 g/mol. The molecule has 0 radical (unpaired) electrons. The molecule has 7 heteroatoms. The van der Waals surface area contributed by atoms with Crippen LogP contribution in [0.15, 0.2) is 52.1 Å². The fraction of sp³-hybridized carbons (Fsp3) is 0.286. The van der Waals surface area contributed by atoms with Crippen molar-refractivity contribution in [1.82, 2.24) is 15.5 Å². The lowest BCUT2D eigenvalue weighted by Gasteiger charge is -2.10. The van der Waals surface area contributed by atoms with Crippen LogP contribution in [0.2, 0.25) is 0 Å². The van der Waals surface area contributed by atoms with Crippen LogP contribution in [0.4, 0.5) is 0 Å². The quantitative estimate of drug-likeness (QED) is 0.578. The second-order valence-corrected chi connectivity index (χ2v) is 7.35. The van der Waals surface area contributed by atoms with Crippen LogP contribution < -0.4 is 5.32 Å². The van der Waals surface area contributed by atoms with Crippen molar-refractivity contribution in [3.05, 3.63) is 76.3 Å². The Morgan fingerprint density at radius 2 is 2.04 bits per heavy atom. The summed E-state index contributed by atoms with van der Waals surface area (Å²) in [6.07, 6.45) is 1.70. The number of carbonyl (C=O) groups excluding carboxylic acids is 1. The molecule has 0 aliphatic carbocycles. The predicted octanol–water partition coefficient (Wildman–Crippen LogP) is 4.06. The highest BCUT2D eigenvalue weighted by molar-refractivity contribution is 7.98. The van der Waals surface area contributed by atoms with E-state index in [1.807, 2.05) is 38.1 Å². The number of hydrogen-bond acceptors (Lipinski definition) is 6. The maximum absolute atomic E-state index is 12.7. The summed E-state index contributed by atoms with van der Waals surface area (Å²) >= 11 is 1.50. The first kappa shape index (κ1) is 20.1. The van der Waals surface area contributed by atoms with E-state index in [1.165, 1.54) is 11.8 Å². The molecule has 0 atom stereocenters. The Kier molecular flexibility index (Phi) is 6.84. The van der Waals surface area contributed by atoms with E-state index in [1.54, 1.807) is 25.4 Å². The Labute approximate surface area is 168 Å². The van der Waals surface area contributed by atoms with Gasteiger partial charge in [0, 0.05) is 31.2 Å². The molecule has 6 nitrogen and oxygen atoms in total. The Bertz CT molecular complexity index is 936. The Hall–Kier alpha value is -2.64. The molecule has 2 aromatic heterocycles. The van der Waals surface area contributed by atoms with Crippen LogP contribution in [0.25, 0.3) is 0 Å². The smallest absolute Gasteiger partial charge is 0.254 e. The lowest BCUT2D eigenvalue weighted by molar-refractivity contribution is 0.0947. The van der Waals surface area contributed by atoms with Gasteiger partial charge in [-0.25, -0.2) is 4.98 Å². The number of hydrogen-bond donors (Lipinski definition) is 1. The minimum absolute atomic E-state index is 0.147. The average molecular weight is 398 g/mol. The first-order valence-electron chi connectivity index (χ1n) is 8.93. The van der Waals surface area contributed by atoms with Crippen molar-refractivity contribution >= 4 is 17.7 Å². The molecular formula is C21H23N3O3S. The van der Waals surface area contributed by atoms with Gasteiger partial charge in [0.2, 0.25) is 0 Å². The van der Waals surface area contributed by atoms with Crippen molar-refractivity contribution in [2.45, 2.75) is 37.8 Å². The molecule has 0 aliphatic rings. The van der Waals surface area contributed by atoms with E-state index < -0.39 is 0 Å². The number of benzene rings is 1. The highest BCUT2D eigenvalue weighted by Gasteiger charge is 2.15. The number of carbonyl (C=O) groups is 1. The molecule has 0 spiro atoms. The van der Waals surface area contributed by atoms with Gasteiger partial charge in [0.25, 0.3) is 5.91 Å². The minimum Gasteiger partial charge on any atom is -0.380 e. The number of nitrogens with one attached hydrogen (secondary N) is 1. The zero-order chi connectivity index (χ0) is 19.9. The van der Waals surface area contributed by atoms with Crippen LogP contribution in [-0.2, 0) is 23.6 Å². The van der Waals surface area contributed by atoms with Gasteiger partial charge in [0.15, 0.2) is 0 Å². The maximum Gasteiger partial charge on any atom is 0.254 e. The number of thioether (sulfide) groups is 1. The third-order valence-corrected chi connectivity index (χ3v) is 5.34. The summed E-state index contributed by atoms with van der Waals surface area (Å²) < 4.78 is 10.4. The van der Waals surface area contributed by atoms with Crippen LogP contribution in [0.3, 0.4) is 0 Å². The highest BCUT2D eigenvalue weighted by atomic mass is 32.2. The van der Waals surface area contributed by atoms with Gasteiger partial charge in [-0.05, 0) is 37.1 Å². The zero-order valence-corrected chi connectivity index (χ0v) is 17.0. The number of aromatic nitrogens is 2. The van der Waals surface area contributed by atoms with E-state index in [4.69, 9.17) is 9.26 Å². The van der Waals surface area contributed by atoms with E-state index in [2.05, 4.69) is 15.5 Å². The number of aryl methyl sites for hydroxylation is 2. The molecule has 3 rings (SSSR count). The molecule has 1 N–H and O–H groups in total. The van der Waals surface area contributed by atoms with Gasteiger partial charge in [-0.1, -0.05) is 29.4 Å². The van der Waals surface area contributed by atoms with Crippen LogP contribution in [0.1, 0.15) is 38.5 Å². The van der Waals surface area contributed by atoms with E-state index in [0.717, 1.165) is 28.1 Å². The Balaban J connectivity index is 1.66. The van der Waals surface area contributed by atoms with E-state index in [0.29, 0.717) is 29.5 Å². The van der Waals surface area contributed by atoms with Crippen molar-refractivity contribution in [2.24, 2.45) is 0 Å². The third kappa shape index (κ3) is 4.99. The molecule has 0 unspecified atom stereocenters. The molecule has 0 saturated heterocycles. The van der Waals surface area contributed by atoms with Gasteiger partial charge in [0.05, 0.1) is 17.9 Å².